The van der Waals surface area contributed by atoms with Crippen LogP contribution in [0.1, 0.15) is 40.5 Å². The van der Waals surface area contributed by atoms with Gasteiger partial charge in [0.2, 0.25) is 0 Å². The van der Waals surface area contributed by atoms with E-state index in [4.69, 9.17) is 18.9 Å². The zero-order valence-corrected chi connectivity index (χ0v) is 28.3. The van der Waals surface area contributed by atoms with Gasteiger partial charge in [-0.3, -0.25) is 0 Å². The summed E-state index contributed by atoms with van der Waals surface area (Å²) in [5.74, 6) is 0.267. The molecule has 0 amide bonds. The molecule has 38 heavy (non-hydrogen) atoms. The van der Waals surface area contributed by atoms with E-state index in [1.807, 2.05) is 27.7 Å². The Labute approximate surface area is 275 Å². The molecule has 0 spiro atoms. The Bertz CT molecular complexity index is 925. The van der Waals surface area contributed by atoms with Gasteiger partial charge in [0.05, 0.1) is 37.6 Å². The van der Waals surface area contributed by atoms with Crippen LogP contribution < -0.4 is 0 Å². The van der Waals surface area contributed by atoms with Crippen molar-refractivity contribution in [2.24, 2.45) is 46.3 Å². The number of hydrogen-bond acceptors (Lipinski definition) is 8. The Morgan fingerprint density at radius 1 is 0.632 bits per heavy atom. The smallest absolute Gasteiger partial charge is 0.163 e. The van der Waals surface area contributed by atoms with E-state index < -0.39 is 23.8 Å². The minimum absolute atomic E-state index is 0. The summed E-state index contributed by atoms with van der Waals surface area (Å²) in [6.07, 6.45) is 8.93. The first-order valence-corrected chi connectivity index (χ1v) is 13.6. The molecule has 8 nitrogen and oxygen atoms in total. The number of aliphatic hydroxyl groups excluding tert-OH is 4. The Hall–Kier alpha value is 1.37. The molecule has 2 heterocycles. The van der Waals surface area contributed by atoms with Crippen LogP contribution >= 0.6 is 0 Å². The quantitative estimate of drug-likeness (QED) is 0.323. The maximum absolute atomic E-state index is 10.5. The number of aliphatic hydroxyl groups is 4. The van der Waals surface area contributed by atoms with Crippen molar-refractivity contribution >= 4 is 0 Å². The molecule has 206 valence electrons. The van der Waals surface area contributed by atoms with Crippen molar-refractivity contribution in [3.63, 3.8) is 0 Å². The van der Waals surface area contributed by atoms with Crippen LogP contribution in [0.3, 0.4) is 0 Å². The monoisotopic (exact) mass is 682 g/mol. The first kappa shape index (κ1) is 30.8. The predicted octanol–water partition coefficient (Wildman–Crippen LogP) is 1.36. The van der Waals surface area contributed by atoms with E-state index in [0.717, 1.165) is 12.8 Å². The van der Waals surface area contributed by atoms with Gasteiger partial charge in [-0.25, -0.2) is 0 Å². The number of rotatable bonds is 2. The molecule has 0 aromatic heterocycles. The van der Waals surface area contributed by atoms with E-state index in [-0.39, 0.29) is 138 Å². The fraction of sp³-hybridized carbons (Fsp3) is 0.857. The van der Waals surface area contributed by atoms with Gasteiger partial charge in [-0.15, -0.1) is 0 Å². The van der Waals surface area contributed by atoms with Gasteiger partial charge in [0.25, 0.3) is 0 Å². The van der Waals surface area contributed by atoms with Crippen LogP contribution in [-0.2, 0) is 84.4 Å². The van der Waals surface area contributed by atoms with E-state index in [9.17, 15) is 20.4 Å². The summed E-state index contributed by atoms with van der Waals surface area (Å²) < 4.78 is 23.7. The molecule has 6 fully saturated rings. The molecule has 8 rings (SSSR count). The number of hydrogen-bond donors (Lipinski definition) is 4. The number of allylic oxidation sites excluding steroid dienone is 2. The molecule has 4 saturated carbocycles. The molecule has 2 radical (unpaired) electrons. The Kier molecular flexibility index (Phi) is 8.07. The van der Waals surface area contributed by atoms with Gasteiger partial charge in [0, 0.05) is 99.9 Å². The zero-order valence-electron chi connectivity index (χ0n) is 22.6. The fourth-order valence-corrected chi connectivity index (χ4v) is 9.73. The number of ether oxygens (including phenoxy) is 4. The topological polar surface area (TPSA) is 118 Å². The number of fused-ring (bicyclic) bond motifs is 14. The molecule has 14 atom stereocenters. The summed E-state index contributed by atoms with van der Waals surface area (Å²) in [6, 6.07) is 0. The van der Waals surface area contributed by atoms with Gasteiger partial charge in [-0.2, -0.15) is 0 Å². The summed E-state index contributed by atoms with van der Waals surface area (Å²) in [4.78, 5) is 0. The third-order valence-electron chi connectivity index (χ3n) is 10.8. The second kappa shape index (κ2) is 9.95. The van der Waals surface area contributed by atoms with Gasteiger partial charge in [0.15, 0.2) is 11.6 Å². The average Bonchev–Trinajstić information content (AvgIpc) is 3.66. The van der Waals surface area contributed by atoms with Crippen LogP contribution in [-0.4, -0.2) is 81.8 Å². The average molecular weight is 682 g/mol. The Balaban J connectivity index is 0.000000147. The van der Waals surface area contributed by atoms with Crippen LogP contribution in [0, 0.1) is 46.3 Å². The maximum atomic E-state index is 10.5. The van der Waals surface area contributed by atoms with Crippen molar-refractivity contribution in [2.75, 3.05) is 13.2 Å². The summed E-state index contributed by atoms with van der Waals surface area (Å²) in [5, 5.41) is 40.6. The summed E-state index contributed by atoms with van der Waals surface area (Å²) in [5.41, 5.74) is -0.390. The molecule has 4 bridgehead atoms. The fourth-order valence-electron chi connectivity index (χ4n) is 9.73. The van der Waals surface area contributed by atoms with E-state index in [1.54, 1.807) is 0 Å². The van der Waals surface area contributed by atoms with Gasteiger partial charge in [0.1, 0.15) is 12.2 Å². The van der Waals surface area contributed by atoms with Crippen molar-refractivity contribution in [2.45, 2.75) is 88.7 Å². The first-order valence-electron chi connectivity index (χ1n) is 13.6. The molecule has 0 aromatic rings. The van der Waals surface area contributed by atoms with Gasteiger partial charge < -0.3 is 39.4 Å². The molecular formula is C28H40O8Y2. The minimum Gasteiger partial charge on any atom is -0.395 e. The van der Waals surface area contributed by atoms with E-state index in [2.05, 4.69) is 24.3 Å². The van der Waals surface area contributed by atoms with Crippen LogP contribution in [0.15, 0.2) is 24.3 Å². The first-order chi connectivity index (χ1) is 16.9. The van der Waals surface area contributed by atoms with Gasteiger partial charge >= 0.3 is 0 Å². The van der Waals surface area contributed by atoms with Crippen molar-refractivity contribution < 1.29 is 105 Å². The van der Waals surface area contributed by atoms with Crippen molar-refractivity contribution in [3.8, 4) is 0 Å². The van der Waals surface area contributed by atoms with E-state index >= 15 is 0 Å². The van der Waals surface area contributed by atoms with Crippen LogP contribution in [0.4, 0.5) is 0 Å². The van der Waals surface area contributed by atoms with Crippen LogP contribution in [0.5, 0.6) is 0 Å². The molecule has 6 unspecified atom stereocenters. The molecule has 0 aromatic carbocycles. The Morgan fingerprint density at radius 2 is 0.974 bits per heavy atom. The van der Waals surface area contributed by atoms with E-state index in [0.29, 0.717) is 11.8 Å². The standard InChI is InChI=1S/2C14H20O4.2Y/c2*1-13(2)17-11-9-8(10(16)12(11)18-13)7-3-4-14(9,5-7)6-15;;/h2*3-4,7-12,15-16H,5-6H2,1-2H3;;/t2*7?,8?,9?,10-,11-,12+,14-;;/m10../s1. The summed E-state index contributed by atoms with van der Waals surface area (Å²) in [7, 11) is 0. The molecule has 10 heteroatoms. The molecule has 6 aliphatic carbocycles. The molecular weight excluding hydrogens is 642 g/mol. The van der Waals surface area contributed by atoms with Crippen molar-refractivity contribution in [1.82, 2.24) is 0 Å². The Morgan fingerprint density at radius 3 is 1.32 bits per heavy atom. The maximum Gasteiger partial charge on any atom is 0.163 e. The molecule has 2 aliphatic heterocycles. The second-order valence-electron chi connectivity index (χ2n) is 13.6. The van der Waals surface area contributed by atoms with E-state index in [1.165, 1.54) is 0 Å². The third-order valence-corrected chi connectivity index (χ3v) is 10.8. The van der Waals surface area contributed by atoms with Crippen LogP contribution in [0.2, 0.25) is 0 Å². The van der Waals surface area contributed by atoms with Crippen molar-refractivity contribution in [1.29, 1.82) is 0 Å². The SMILES string of the molecule is CC1(C)O[C@@H]2[C@@H](O)C3C4C=C[C@@](CO)(C4)C3[C@@H]2O1.CC1(C)O[C@H]2[C@H](O)C3C4C=C[C@](CO)(C4)C3[C@H]2O1.[Y].[Y]. The predicted molar refractivity (Wildman–Crippen MR) is 127 cm³/mol. The van der Waals surface area contributed by atoms with Crippen LogP contribution in [0.25, 0.3) is 0 Å². The second-order valence-corrected chi connectivity index (χ2v) is 13.6. The zero-order chi connectivity index (χ0) is 25.4. The minimum atomic E-state index is -0.622. The summed E-state index contributed by atoms with van der Waals surface area (Å²) in [6.45, 7) is 7.84. The largest absolute Gasteiger partial charge is 0.395 e. The van der Waals surface area contributed by atoms with Gasteiger partial charge in [-0.1, -0.05) is 24.3 Å². The normalized spacial score (nSPS) is 56.0. The van der Waals surface area contributed by atoms with Crippen molar-refractivity contribution in [3.05, 3.63) is 24.3 Å². The summed E-state index contributed by atoms with van der Waals surface area (Å²) >= 11 is 0. The molecule has 8 aliphatic rings. The van der Waals surface area contributed by atoms with Gasteiger partial charge in [-0.05, 0) is 52.4 Å². The third kappa shape index (κ3) is 4.13. The molecule has 4 N–H and O–H groups in total. The molecule has 2 saturated heterocycles.